The van der Waals surface area contributed by atoms with Gasteiger partial charge in [-0.15, -0.1) is 0 Å². The number of benzene rings is 1. The Morgan fingerprint density at radius 1 is 1.56 bits per heavy atom. The van der Waals surface area contributed by atoms with Crippen LogP contribution in [0, 0.1) is 6.92 Å². The first-order chi connectivity index (χ1) is 7.59. The molecule has 0 radical (unpaired) electrons. The molecule has 1 atom stereocenters. The molecule has 4 heteroatoms. The maximum absolute atomic E-state index is 10.5. The quantitative estimate of drug-likeness (QED) is 0.639. The maximum Gasteiger partial charge on any atom is 0.320 e. The van der Waals surface area contributed by atoms with Gasteiger partial charge in [-0.2, -0.15) is 0 Å². The van der Waals surface area contributed by atoms with Crippen LogP contribution in [0.3, 0.4) is 0 Å². The van der Waals surface area contributed by atoms with Crippen LogP contribution in [0.5, 0.6) is 0 Å². The minimum absolute atomic E-state index is 0.494. The van der Waals surface area contributed by atoms with Crippen LogP contribution in [0.2, 0.25) is 0 Å². The molecule has 0 fully saturated rings. The molecule has 1 aromatic rings. The lowest BCUT2D eigenvalue weighted by molar-refractivity contribution is -0.138. The number of nitrogens with two attached hydrogens (primary N) is 1. The molecule has 1 aromatic carbocycles. The van der Waals surface area contributed by atoms with Crippen molar-refractivity contribution in [2.45, 2.75) is 25.8 Å². The van der Waals surface area contributed by atoms with Gasteiger partial charge in [0.15, 0.2) is 0 Å². The molecule has 16 heavy (non-hydrogen) atoms. The molecule has 4 N–H and O–H groups in total. The van der Waals surface area contributed by atoms with Crippen molar-refractivity contribution >= 4 is 11.7 Å². The van der Waals surface area contributed by atoms with Crippen molar-refractivity contribution in [3.05, 3.63) is 29.8 Å². The highest BCUT2D eigenvalue weighted by atomic mass is 16.4. The van der Waals surface area contributed by atoms with Gasteiger partial charge in [-0.1, -0.05) is 12.1 Å². The average molecular weight is 222 g/mol. The van der Waals surface area contributed by atoms with Crippen molar-refractivity contribution in [2.75, 3.05) is 11.9 Å². The number of aryl methyl sites for hydroxylation is 1. The second kappa shape index (κ2) is 6.12. The number of hydrogen-bond acceptors (Lipinski definition) is 3. The molecular weight excluding hydrogens is 204 g/mol. The normalized spacial score (nSPS) is 12.1. The second-order valence-corrected chi connectivity index (χ2v) is 3.88. The third-order valence-corrected chi connectivity index (χ3v) is 2.36. The van der Waals surface area contributed by atoms with Crippen molar-refractivity contribution in [1.29, 1.82) is 0 Å². The van der Waals surface area contributed by atoms with Crippen LogP contribution >= 0.6 is 0 Å². The van der Waals surface area contributed by atoms with Crippen LogP contribution < -0.4 is 11.1 Å². The molecule has 0 heterocycles. The molecular formula is C12H18N2O2. The largest absolute Gasteiger partial charge is 0.480 e. The van der Waals surface area contributed by atoms with Gasteiger partial charge in [0, 0.05) is 12.2 Å². The standard InChI is InChI=1S/C12H18N2O2/c1-9-4-2-5-10(8-9)14-7-3-6-11(13)12(15)16/h2,4-5,8,11,14H,3,6-7,13H2,1H3,(H,15,16)/t11-/m0/s1. The number of aliphatic carboxylic acids is 1. The lowest BCUT2D eigenvalue weighted by atomic mass is 10.1. The van der Waals surface area contributed by atoms with Crippen molar-refractivity contribution in [3.63, 3.8) is 0 Å². The van der Waals surface area contributed by atoms with E-state index in [1.165, 1.54) is 5.56 Å². The minimum atomic E-state index is -0.935. The van der Waals surface area contributed by atoms with Gasteiger partial charge >= 0.3 is 5.97 Å². The molecule has 0 aromatic heterocycles. The Morgan fingerprint density at radius 2 is 2.31 bits per heavy atom. The first kappa shape index (κ1) is 12.5. The Labute approximate surface area is 95.5 Å². The van der Waals surface area contributed by atoms with Gasteiger partial charge in [-0.05, 0) is 37.5 Å². The molecule has 0 bridgehead atoms. The van der Waals surface area contributed by atoms with Gasteiger partial charge in [-0.3, -0.25) is 4.79 Å². The van der Waals surface area contributed by atoms with Crippen molar-refractivity contribution in [2.24, 2.45) is 5.73 Å². The Balaban J connectivity index is 2.23. The van der Waals surface area contributed by atoms with Crippen molar-refractivity contribution in [3.8, 4) is 0 Å². The molecule has 0 amide bonds. The topological polar surface area (TPSA) is 75.3 Å². The van der Waals surface area contributed by atoms with E-state index in [4.69, 9.17) is 10.8 Å². The summed E-state index contributed by atoms with van der Waals surface area (Å²) in [4.78, 5) is 10.5. The number of nitrogens with one attached hydrogen (secondary N) is 1. The molecule has 0 saturated heterocycles. The fourth-order valence-electron chi connectivity index (χ4n) is 1.43. The van der Waals surface area contributed by atoms with E-state index >= 15 is 0 Å². The molecule has 1 rings (SSSR count). The Morgan fingerprint density at radius 3 is 2.94 bits per heavy atom. The number of carboxylic acid groups (broad SMARTS) is 1. The van der Waals surface area contributed by atoms with Crippen LogP contribution in [-0.4, -0.2) is 23.7 Å². The minimum Gasteiger partial charge on any atom is -0.480 e. The number of hydrogen-bond donors (Lipinski definition) is 3. The van der Waals surface area contributed by atoms with Crippen molar-refractivity contribution in [1.82, 2.24) is 0 Å². The van der Waals surface area contributed by atoms with E-state index in [0.717, 1.165) is 18.7 Å². The molecule has 0 aliphatic carbocycles. The summed E-state index contributed by atoms with van der Waals surface area (Å²) in [6.45, 7) is 2.77. The fraction of sp³-hybridized carbons (Fsp3) is 0.417. The highest BCUT2D eigenvalue weighted by Crippen LogP contribution is 2.09. The fourth-order valence-corrected chi connectivity index (χ4v) is 1.43. The molecule has 4 nitrogen and oxygen atoms in total. The van der Waals surface area contributed by atoms with E-state index in [0.29, 0.717) is 6.42 Å². The zero-order valence-corrected chi connectivity index (χ0v) is 9.44. The highest BCUT2D eigenvalue weighted by molar-refractivity contribution is 5.72. The van der Waals surface area contributed by atoms with E-state index in [1.807, 2.05) is 25.1 Å². The van der Waals surface area contributed by atoms with Gasteiger partial charge in [0.2, 0.25) is 0 Å². The van der Waals surface area contributed by atoms with Crippen LogP contribution in [0.25, 0.3) is 0 Å². The second-order valence-electron chi connectivity index (χ2n) is 3.88. The first-order valence-corrected chi connectivity index (χ1v) is 5.38. The van der Waals surface area contributed by atoms with Gasteiger partial charge < -0.3 is 16.2 Å². The monoisotopic (exact) mass is 222 g/mol. The summed E-state index contributed by atoms with van der Waals surface area (Å²) in [5.74, 6) is -0.935. The Hall–Kier alpha value is -1.55. The van der Waals surface area contributed by atoms with E-state index in [-0.39, 0.29) is 0 Å². The lowest BCUT2D eigenvalue weighted by Crippen LogP contribution is -2.30. The Kier molecular flexibility index (Phi) is 4.79. The molecule has 88 valence electrons. The summed E-state index contributed by atoms with van der Waals surface area (Å²) in [6.07, 6.45) is 1.25. The summed E-state index contributed by atoms with van der Waals surface area (Å²) in [6, 6.07) is 7.31. The predicted molar refractivity (Wildman–Crippen MR) is 64.5 cm³/mol. The molecule has 0 aliphatic rings. The molecule has 0 spiro atoms. The summed E-state index contributed by atoms with van der Waals surface area (Å²) in [5.41, 5.74) is 7.65. The SMILES string of the molecule is Cc1cccc(NCCC[C@H](N)C(=O)O)c1. The van der Waals surface area contributed by atoms with E-state index < -0.39 is 12.0 Å². The highest BCUT2D eigenvalue weighted by Gasteiger charge is 2.09. The summed E-state index contributed by atoms with van der Waals surface area (Å²) in [5, 5.41) is 11.8. The van der Waals surface area contributed by atoms with Crippen molar-refractivity contribution < 1.29 is 9.90 Å². The van der Waals surface area contributed by atoms with Crippen LogP contribution in [-0.2, 0) is 4.79 Å². The van der Waals surface area contributed by atoms with Gasteiger partial charge in [0.1, 0.15) is 6.04 Å². The maximum atomic E-state index is 10.5. The lowest BCUT2D eigenvalue weighted by Gasteiger charge is -2.08. The van der Waals surface area contributed by atoms with E-state index in [2.05, 4.69) is 11.4 Å². The van der Waals surface area contributed by atoms with Gasteiger partial charge in [-0.25, -0.2) is 0 Å². The third kappa shape index (κ3) is 4.31. The molecule has 0 aliphatic heterocycles. The van der Waals surface area contributed by atoms with Crippen LogP contribution in [0.15, 0.2) is 24.3 Å². The average Bonchev–Trinajstić information content (AvgIpc) is 2.24. The summed E-state index contributed by atoms with van der Waals surface area (Å²) >= 11 is 0. The molecule has 0 unspecified atom stereocenters. The first-order valence-electron chi connectivity index (χ1n) is 5.38. The smallest absolute Gasteiger partial charge is 0.320 e. The van der Waals surface area contributed by atoms with Crippen LogP contribution in [0.4, 0.5) is 5.69 Å². The Bertz CT molecular complexity index is 353. The molecule has 0 saturated carbocycles. The van der Waals surface area contributed by atoms with E-state index in [9.17, 15) is 4.79 Å². The number of rotatable bonds is 6. The zero-order valence-electron chi connectivity index (χ0n) is 9.44. The predicted octanol–water partition coefficient (Wildman–Crippen LogP) is 1.60. The summed E-state index contributed by atoms with van der Waals surface area (Å²) in [7, 11) is 0. The zero-order chi connectivity index (χ0) is 12.0. The summed E-state index contributed by atoms with van der Waals surface area (Å²) < 4.78 is 0. The number of anilines is 1. The van der Waals surface area contributed by atoms with Gasteiger partial charge in [0.05, 0.1) is 0 Å². The van der Waals surface area contributed by atoms with Gasteiger partial charge in [0.25, 0.3) is 0 Å². The van der Waals surface area contributed by atoms with E-state index in [1.54, 1.807) is 0 Å². The van der Waals surface area contributed by atoms with Crippen LogP contribution in [0.1, 0.15) is 18.4 Å². The number of carbonyl (C=O) groups is 1. The third-order valence-electron chi connectivity index (χ3n) is 2.36. The number of carboxylic acids is 1.